The van der Waals surface area contributed by atoms with E-state index in [4.69, 9.17) is 11.6 Å². The fourth-order valence-electron chi connectivity index (χ4n) is 2.34. The first-order valence-corrected chi connectivity index (χ1v) is 6.52. The zero-order valence-electron chi connectivity index (χ0n) is 10.0. The third-order valence-electron chi connectivity index (χ3n) is 3.24. The van der Waals surface area contributed by atoms with Crippen molar-refractivity contribution in [2.75, 3.05) is 24.5 Å². The molecule has 0 atom stereocenters. The van der Waals surface area contributed by atoms with Crippen LogP contribution < -0.4 is 10.2 Å². The van der Waals surface area contributed by atoms with E-state index >= 15 is 0 Å². The van der Waals surface area contributed by atoms with Gasteiger partial charge in [0.1, 0.15) is 5.82 Å². The van der Waals surface area contributed by atoms with Crippen LogP contribution in [0.25, 0.3) is 0 Å². The Bertz CT molecular complexity index is 376. The summed E-state index contributed by atoms with van der Waals surface area (Å²) in [4.78, 5) is 2.08. The summed E-state index contributed by atoms with van der Waals surface area (Å²) in [5.74, 6) is -0.184. The van der Waals surface area contributed by atoms with E-state index in [2.05, 4.69) is 17.1 Å². The molecule has 0 unspecified atom stereocenters. The van der Waals surface area contributed by atoms with Gasteiger partial charge in [0.25, 0.3) is 0 Å². The topological polar surface area (TPSA) is 15.3 Å². The Labute approximate surface area is 107 Å². The molecule has 1 aliphatic heterocycles. The highest BCUT2D eigenvalue weighted by Gasteiger charge is 2.20. The summed E-state index contributed by atoms with van der Waals surface area (Å²) in [7, 11) is 0. The summed E-state index contributed by atoms with van der Waals surface area (Å²) in [5, 5.41) is 4.03. The number of anilines is 1. The maximum Gasteiger partial charge on any atom is 0.146 e. The second-order valence-corrected chi connectivity index (χ2v) is 4.85. The van der Waals surface area contributed by atoms with E-state index in [0.29, 0.717) is 16.8 Å². The van der Waals surface area contributed by atoms with Gasteiger partial charge in [-0.3, -0.25) is 0 Å². The first kappa shape index (κ1) is 12.7. The third kappa shape index (κ3) is 3.11. The van der Waals surface area contributed by atoms with Crippen molar-refractivity contribution in [1.29, 1.82) is 0 Å². The molecule has 94 valence electrons. The molecular weight excluding hydrogens is 239 g/mol. The summed E-state index contributed by atoms with van der Waals surface area (Å²) in [6, 6.07) is 5.31. The molecule has 1 aromatic carbocycles. The number of nitrogens with zero attached hydrogens (tertiary/aromatic N) is 1. The van der Waals surface area contributed by atoms with Crippen LogP contribution in [-0.2, 0) is 0 Å². The number of piperidine rings is 1. The Morgan fingerprint density at radius 2 is 2.12 bits per heavy atom. The van der Waals surface area contributed by atoms with Crippen LogP contribution in [0.2, 0.25) is 5.02 Å². The van der Waals surface area contributed by atoms with Gasteiger partial charge in [-0.25, -0.2) is 4.39 Å². The highest BCUT2D eigenvalue weighted by molar-refractivity contribution is 6.30. The first-order chi connectivity index (χ1) is 8.20. The van der Waals surface area contributed by atoms with Crippen LogP contribution in [0.15, 0.2) is 18.2 Å². The van der Waals surface area contributed by atoms with Gasteiger partial charge in [0.15, 0.2) is 0 Å². The maximum atomic E-state index is 13.7. The standard InChI is InChI=1S/C13H18ClFN2/c1-2-16-11-5-7-17(8-6-11)13-9-10(14)3-4-12(13)15/h3-4,9,11,16H,2,5-8H2,1H3. The molecule has 17 heavy (non-hydrogen) atoms. The van der Waals surface area contributed by atoms with Crippen molar-refractivity contribution in [2.24, 2.45) is 0 Å². The molecule has 1 N–H and O–H groups in total. The molecule has 0 bridgehead atoms. The quantitative estimate of drug-likeness (QED) is 0.894. The lowest BCUT2D eigenvalue weighted by atomic mass is 10.0. The van der Waals surface area contributed by atoms with Crippen molar-refractivity contribution in [3.63, 3.8) is 0 Å². The lowest BCUT2D eigenvalue weighted by Gasteiger charge is -2.34. The number of halogens is 2. The predicted octanol–water partition coefficient (Wildman–Crippen LogP) is 3.06. The molecule has 0 spiro atoms. The monoisotopic (exact) mass is 256 g/mol. The highest BCUT2D eigenvalue weighted by atomic mass is 35.5. The zero-order valence-corrected chi connectivity index (χ0v) is 10.8. The molecule has 4 heteroatoms. The van der Waals surface area contributed by atoms with Gasteiger partial charge >= 0.3 is 0 Å². The Morgan fingerprint density at radius 1 is 1.41 bits per heavy atom. The van der Waals surface area contributed by atoms with Gasteiger partial charge in [-0.2, -0.15) is 0 Å². The second kappa shape index (κ2) is 5.69. The number of rotatable bonds is 3. The summed E-state index contributed by atoms with van der Waals surface area (Å²) in [6.45, 7) is 4.88. The molecule has 1 saturated heterocycles. The van der Waals surface area contributed by atoms with E-state index in [0.717, 1.165) is 32.5 Å². The SMILES string of the molecule is CCNC1CCN(c2cc(Cl)ccc2F)CC1. The van der Waals surface area contributed by atoms with E-state index < -0.39 is 0 Å². The molecule has 1 aromatic rings. The molecule has 0 radical (unpaired) electrons. The number of benzene rings is 1. The lowest BCUT2D eigenvalue weighted by molar-refractivity contribution is 0.421. The molecule has 0 aromatic heterocycles. The number of nitrogens with one attached hydrogen (secondary N) is 1. The number of hydrogen-bond donors (Lipinski definition) is 1. The van der Waals surface area contributed by atoms with Crippen LogP contribution in [0.3, 0.4) is 0 Å². The van der Waals surface area contributed by atoms with Crippen molar-refractivity contribution < 1.29 is 4.39 Å². The first-order valence-electron chi connectivity index (χ1n) is 6.14. The van der Waals surface area contributed by atoms with Crippen molar-refractivity contribution in [1.82, 2.24) is 5.32 Å². The van der Waals surface area contributed by atoms with Crippen LogP contribution in [0.4, 0.5) is 10.1 Å². The molecule has 0 saturated carbocycles. The Kier molecular flexibility index (Phi) is 4.24. The molecule has 0 aliphatic carbocycles. The van der Waals surface area contributed by atoms with Crippen molar-refractivity contribution >= 4 is 17.3 Å². The van der Waals surface area contributed by atoms with E-state index in [1.807, 2.05) is 0 Å². The average molecular weight is 257 g/mol. The largest absolute Gasteiger partial charge is 0.369 e. The van der Waals surface area contributed by atoms with Gasteiger partial charge in [0.05, 0.1) is 5.69 Å². The lowest BCUT2D eigenvalue weighted by Crippen LogP contribution is -2.42. The molecule has 1 heterocycles. The van der Waals surface area contributed by atoms with Gasteiger partial charge in [0.2, 0.25) is 0 Å². The minimum Gasteiger partial charge on any atom is -0.369 e. The van der Waals surface area contributed by atoms with Crippen molar-refractivity contribution in [3.8, 4) is 0 Å². The molecular formula is C13H18ClFN2. The fraction of sp³-hybridized carbons (Fsp3) is 0.538. The van der Waals surface area contributed by atoms with E-state index in [1.54, 1.807) is 12.1 Å². The van der Waals surface area contributed by atoms with Crippen molar-refractivity contribution in [2.45, 2.75) is 25.8 Å². The molecule has 1 fully saturated rings. The number of hydrogen-bond acceptors (Lipinski definition) is 2. The molecule has 1 aliphatic rings. The van der Waals surface area contributed by atoms with Crippen LogP contribution in [0, 0.1) is 5.82 Å². The van der Waals surface area contributed by atoms with Crippen LogP contribution in [0.5, 0.6) is 0 Å². The zero-order chi connectivity index (χ0) is 12.3. The smallest absolute Gasteiger partial charge is 0.146 e. The fourth-order valence-corrected chi connectivity index (χ4v) is 2.51. The Hall–Kier alpha value is -0.800. The molecule has 2 nitrogen and oxygen atoms in total. The second-order valence-electron chi connectivity index (χ2n) is 4.41. The minimum atomic E-state index is -0.184. The van der Waals surface area contributed by atoms with Gasteiger partial charge in [-0.15, -0.1) is 0 Å². The summed E-state index contributed by atoms with van der Waals surface area (Å²) in [5.41, 5.74) is 0.632. The van der Waals surface area contributed by atoms with Gasteiger partial charge < -0.3 is 10.2 Å². The Morgan fingerprint density at radius 3 is 2.76 bits per heavy atom. The van der Waals surface area contributed by atoms with Gasteiger partial charge in [-0.05, 0) is 37.6 Å². The van der Waals surface area contributed by atoms with Crippen LogP contribution >= 0.6 is 11.6 Å². The highest BCUT2D eigenvalue weighted by Crippen LogP contribution is 2.26. The summed E-state index contributed by atoms with van der Waals surface area (Å²) >= 11 is 5.91. The van der Waals surface area contributed by atoms with Crippen LogP contribution in [-0.4, -0.2) is 25.7 Å². The average Bonchev–Trinajstić information content (AvgIpc) is 2.34. The third-order valence-corrected chi connectivity index (χ3v) is 3.47. The normalized spacial score (nSPS) is 17.5. The molecule has 0 amide bonds. The minimum absolute atomic E-state index is 0.184. The maximum absolute atomic E-state index is 13.7. The van der Waals surface area contributed by atoms with Gasteiger partial charge in [-0.1, -0.05) is 18.5 Å². The van der Waals surface area contributed by atoms with Gasteiger partial charge in [0, 0.05) is 24.2 Å². The van der Waals surface area contributed by atoms with E-state index in [1.165, 1.54) is 6.07 Å². The van der Waals surface area contributed by atoms with E-state index in [9.17, 15) is 4.39 Å². The predicted molar refractivity (Wildman–Crippen MR) is 70.3 cm³/mol. The van der Waals surface area contributed by atoms with Crippen molar-refractivity contribution in [3.05, 3.63) is 29.0 Å². The molecule has 2 rings (SSSR count). The summed E-state index contributed by atoms with van der Waals surface area (Å²) < 4.78 is 13.7. The summed E-state index contributed by atoms with van der Waals surface area (Å²) in [6.07, 6.45) is 2.11. The van der Waals surface area contributed by atoms with E-state index in [-0.39, 0.29) is 5.82 Å². The Balaban J connectivity index is 2.02. The van der Waals surface area contributed by atoms with Crippen LogP contribution in [0.1, 0.15) is 19.8 Å².